The Morgan fingerprint density at radius 3 is 2.52 bits per heavy atom. The number of hydrogen-bond donors (Lipinski definition) is 1. The normalized spacial score (nSPS) is 11.9. The van der Waals surface area contributed by atoms with Crippen LogP contribution in [0.3, 0.4) is 0 Å². The van der Waals surface area contributed by atoms with Gasteiger partial charge in [0, 0.05) is 18.7 Å². The van der Waals surface area contributed by atoms with Crippen molar-refractivity contribution >= 4 is 5.91 Å². The molecule has 1 unspecified atom stereocenters. The van der Waals surface area contributed by atoms with Crippen molar-refractivity contribution in [3.63, 3.8) is 0 Å². The molecule has 7 heteroatoms. The number of halogens is 2. The van der Waals surface area contributed by atoms with Crippen molar-refractivity contribution in [1.29, 1.82) is 0 Å². The van der Waals surface area contributed by atoms with Gasteiger partial charge in [0.15, 0.2) is 11.5 Å². The van der Waals surface area contributed by atoms with E-state index in [-0.39, 0.29) is 23.5 Å². The molecule has 2 rings (SSSR count). The monoisotopic (exact) mass is 379 g/mol. The van der Waals surface area contributed by atoms with Crippen molar-refractivity contribution in [2.75, 3.05) is 20.3 Å². The quantitative estimate of drug-likeness (QED) is 0.629. The summed E-state index contributed by atoms with van der Waals surface area (Å²) in [5, 5.41) is 2.76. The molecule has 0 heterocycles. The highest BCUT2D eigenvalue weighted by molar-refractivity contribution is 5.94. The zero-order valence-electron chi connectivity index (χ0n) is 15.3. The molecule has 0 spiro atoms. The average Bonchev–Trinajstić information content (AvgIpc) is 2.68. The number of hydrogen-bond acceptors (Lipinski definition) is 4. The number of amides is 1. The minimum atomic E-state index is -2.96. The Hall–Kier alpha value is -2.67. The second-order valence-electron chi connectivity index (χ2n) is 5.78. The maximum atomic E-state index is 12.3. The van der Waals surface area contributed by atoms with Crippen LogP contribution in [0.15, 0.2) is 48.5 Å². The van der Waals surface area contributed by atoms with Gasteiger partial charge in [-0.3, -0.25) is 4.79 Å². The van der Waals surface area contributed by atoms with E-state index in [1.807, 2.05) is 37.3 Å². The van der Waals surface area contributed by atoms with Gasteiger partial charge in [0.1, 0.15) is 0 Å². The molecule has 146 valence electrons. The van der Waals surface area contributed by atoms with Gasteiger partial charge in [-0.05, 0) is 37.1 Å². The molecule has 0 saturated heterocycles. The molecule has 2 aromatic rings. The number of nitrogens with one attached hydrogen (secondary N) is 1. The molecule has 0 bridgehead atoms. The summed E-state index contributed by atoms with van der Waals surface area (Å²) in [6.07, 6.45) is 0.626. The van der Waals surface area contributed by atoms with E-state index in [1.54, 1.807) is 0 Å². The Morgan fingerprint density at radius 1 is 1.11 bits per heavy atom. The molecule has 0 radical (unpaired) electrons. The number of carbonyl (C=O) groups is 1. The third-order valence-corrected chi connectivity index (χ3v) is 3.89. The van der Waals surface area contributed by atoms with Crippen molar-refractivity contribution < 1.29 is 27.8 Å². The SMILES string of the molecule is COc1cc(C(=O)NCCCOC(C)c2ccccc2)ccc1OC(F)F. The van der Waals surface area contributed by atoms with Crippen LogP contribution in [0.1, 0.15) is 35.4 Å². The van der Waals surface area contributed by atoms with E-state index >= 15 is 0 Å². The summed E-state index contributed by atoms with van der Waals surface area (Å²) < 4.78 is 39.7. The maximum Gasteiger partial charge on any atom is 0.387 e. The summed E-state index contributed by atoms with van der Waals surface area (Å²) in [6, 6.07) is 13.9. The molecule has 1 N–H and O–H groups in total. The highest BCUT2D eigenvalue weighted by Gasteiger charge is 2.14. The molecular formula is C20H23F2NO4. The summed E-state index contributed by atoms with van der Waals surface area (Å²) in [6.45, 7) is -0.0565. The average molecular weight is 379 g/mol. The van der Waals surface area contributed by atoms with Crippen LogP contribution in [0.5, 0.6) is 11.5 Å². The number of benzene rings is 2. The van der Waals surface area contributed by atoms with Gasteiger partial charge in [0.2, 0.25) is 0 Å². The van der Waals surface area contributed by atoms with Crippen LogP contribution in [0.2, 0.25) is 0 Å². The third-order valence-electron chi connectivity index (χ3n) is 3.89. The lowest BCUT2D eigenvalue weighted by atomic mass is 10.1. The fourth-order valence-corrected chi connectivity index (χ4v) is 2.46. The first-order chi connectivity index (χ1) is 13.0. The van der Waals surface area contributed by atoms with Crippen LogP contribution in [-0.4, -0.2) is 32.8 Å². The minimum absolute atomic E-state index is 0.0199. The first kappa shape index (κ1) is 20.6. The van der Waals surface area contributed by atoms with Crippen LogP contribution in [0.4, 0.5) is 8.78 Å². The lowest BCUT2D eigenvalue weighted by molar-refractivity contribution is -0.0512. The van der Waals surface area contributed by atoms with Gasteiger partial charge in [0.05, 0.1) is 13.2 Å². The van der Waals surface area contributed by atoms with E-state index in [4.69, 9.17) is 9.47 Å². The Labute approximate surface area is 157 Å². The van der Waals surface area contributed by atoms with Gasteiger partial charge in [-0.25, -0.2) is 0 Å². The predicted molar refractivity (Wildman–Crippen MR) is 97.4 cm³/mol. The van der Waals surface area contributed by atoms with Crippen molar-refractivity contribution in [2.45, 2.75) is 26.1 Å². The summed E-state index contributed by atoms with van der Waals surface area (Å²) in [5.74, 6) is -0.372. The molecule has 0 saturated carbocycles. The Morgan fingerprint density at radius 2 is 1.85 bits per heavy atom. The van der Waals surface area contributed by atoms with E-state index in [1.165, 1.54) is 25.3 Å². The molecule has 27 heavy (non-hydrogen) atoms. The fourth-order valence-electron chi connectivity index (χ4n) is 2.46. The van der Waals surface area contributed by atoms with Crippen LogP contribution >= 0.6 is 0 Å². The molecule has 0 aliphatic rings. The zero-order valence-corrected chi connectivity index (χ0v) is 15.3. The van der Waals surface area contributed by atoms with E-state index in [0.29, 0.717) is 25.1 Å². The van der Waals surface area contributed by atoms with Crippen LogP contribution in [-0.2, 0) is 4.74 Å². The lowest BCUT2D eigenvalue weighted by Gasteiger charge is -2.14. The highest BCUT2D eigenvalue weighted by atomic mass is 19.3. The van der Waals surface area contributed by atoms with Crippen LogP contribution in [0, 0.1) is 0 Å². The molecule has 5 nitrogen and oxygen atoms in total. The van der Waals surface area contributed by atoms with Crippen molar-refractivity contribution in [3.8, 4) is 11.5 Å². The number of ether oxygens (including phenoxy) is 3. The summed E-state index contributed by atoms with van der Waals surface area (Å²) >= 11 is 0. The molecular weight excluding hydrogens is 356 g/mol. The summed E-state index contributed by atoms with van der Waals surface area (Å²) in [7, 11) is 1.32. The third kappa shape index (κ3) is 6.53. The van der Waals surface area contributed by atoms with E-state index in [0.717, 1.165) is 5.56 Å². The Kier molecular flexibility index (Phi) is 8.00. The first-order valence-electron chi connectivity index (χ1n) is 8.59. The van der Waals surface area contributed by atoms with Crippen molar-refractivity contribution in [2.24, 2.45) is 0 Å². The minimum Gasteiger partial charge on any atom is -0.493 e. The Balaban J connectivity index is 1.77. The second-order valence-corrected chi connectivity index (χ2v) is 5.78. The van der Waals surface area contributed by atoms with Crippen molar-refractivity contribution in [1.82, 2.24) is 5.32 Å². The topological polar surface area (TPSA) is 56.8 Å². The summed E-state index contributed by atoms with van der Waals surface area (Å²) in [4.78, 5) is 12.2. The molecule has 0 aliphatic carbocycles. The number of alkyl halides is 2. The number of carbonyl (C=O) groups excluding carboxylic acids is 1. The predicted octanol–water partition coefficient (Wildman–Crippen LogP) is 4.19. The van der Waals surface area contributed by atoms with Gasteiger partial charge in [0.25, 0.3) is 5.91 Å². The lowest BCUT2D eigenvalue weighted by Crippen LogP contribution is -2.25. The van der Waals surface area contributed by atoms with Crippen LogP contribution < -0.4 is 14.8 Å². The largest absolute Gasteiger partial charge is 0.493 e. The van der Waals surface area contributed by atoms with Crippen LogP contribution in [0.25, 0.3) is 0 Å². The number of methoxy groups -OCH3 is 1. The van der Waals surface area contributed by atoms with Gasteiger partial charge >= 0.3 is 6.61 Å². The van der Waals surface area contributed by atoms with Gasteiger partial charge in [-0.1, -0.05) is 30.3 Å². The maximum absolute atomic E-state index is 12.3. The standard InChI is InChI=1S/C20H23F2NO4/c1-14(15-7-4-3-5-8-15)26-12-6-11-23-19(24)16-9-10-17(27-20(21)22)18(13-16)25-2/h3-5,7-10,13-14,20H,6,11-12H2,1-2H3,(H,23,24). The van der Waals surface area contributed by atoms with Crippen molar-refractivity contribution in [3.05, 3.63) is 59.7 Å². The van der Waals surface area contributed by atoms with E-state index in [9.17, 15) is 13.6 Å². The smallest absolute Gasteiger partial charge is 0.387 e. The molecule has 1 amide bonds. The fraction of sp³-hybridized carbons (Fsp3) is 0.350. The molecule has 0 aromatic heterocycles. The first-order valence-corrected chi connectivity index (χ1v) is 8.59. The molecule has 0 fully saturated rings. The molecule has 2 aromatic carbocycles. The summed E-state index contributed by atoms with van der Waals surface area (Å²) in [5.41, 5.74) is 1.40. The number of rotatable bonds is 10. The zero-order chi connectivity index (χ0) is 19.6. The van der Waals surface area contributed by atoms with E-state index in [2.05, 4.69) is 10.1 Å². The van der Waals surface area contributed by atoms with Gasteiger partial charge < -0.3 is 19.5 Å². The Bertz CT molecular complexity index is 725. The van der Waals surface area contributed by atoms with E-state index < -0.39 is 6.61 Å². The highest BCUT2D eigenvalue weighted by Crippen LogP contribution is 2.29. The van der Waals surface area contributed by atoms with Gasteiger partial charge in [-0.15, -0.1) is 0 Å². The molecule has 0 aliphatic heterocycles. The second kappa shape index (κ2) is 10.5. The molecule has 1 atom stereocenters. The van der Waals surface area contributed by atoms with Gasteiger partial charge in [-0.2, -0.15) is 8.78 Å².